The predicted molar refractivity (Wildman–Crippen MR) is 46.1 cm³/mol. The first kappa shape index (κ1) is 16.7. The van der Waals surface area contributed by atoms with Crippen LogP contribution in [0.1, 0.15) is 0 Å². The Balaban J connectivity index is 0. The van der Waals surface area contributed by atoms with Crippen LogP contribution in [0.25, 0.3) is 0 Å². The zero-order valence-corrected chi connectivity index (χ0v) is 9.02. The topological polar surface area (TPSA) is 68.2 Å². The van der Waals surface area contributed by atoms with E-state index in [2.05, 4.69) is 0 Å². The molecule has 2 N–H and O–H groups in total. The maximum absolute atomic E-state index is 8.35. The average molecular weight is 252 g/mol. The van der Waals surface area contributed by atoms with Crippen molar-refractivity contribution in [1.82, 2.24) is 0 Å². The van der Waals surface area contributed by atoms with Gasteiger partial charge in [-0.25, -0.2) is 0 Å². The van der Waals surface area contributed by atoms with Crippen LogP contribution >= 0.6 is 0 Å². The van der Waals surface area contributed by atoms with E-state index in [1.54, 1.807) is 0 Å². The van der Waals surface area contributed by atoms with E-state index in [1.165, 1.54) is 6.61 Å². The number of rotatable bonds is 10. The summed E-state index contributed by atoms with van der Waals surface area (Å²) in [5.74, 6) is 0. The van der Waals surface area contributed by atoms with Crippen LogP contribution in [-0.4, -0.2) is 56.5 Å². The molecule has 0 aliphatic rings. The normalized spacial score (nSPS) is 9.86. The molecule has 6 heteroatoms. The Morgan fingerprint density at radius 1 is 0.857 bits per heavy atom. The van der Waals surface area contributed by atoms with Gasteiger partial charge in [-0.1, -0.05) is 6.61 Å². The second kappa shape index (κ2) is 15.8. The summed E-state index contributed by atoms with van der Waals surface area (Å²) in [6.45, 7) is 3.48. The standard InChI is InChI=1S/C8H17O5.Co/c9-1-3-11-5-7-13-8-6-12-4-2-10;/h3,9-10H,1-2,4-8H2;/q-1;. The van der Waals surface area contributed by atoms with Gasteiger partial charge in [-0.05, 0) is 0 Å². The van der Waals surface area contributed by atoms with E-state index < -0.39 is 0 Å². The van der Waals surface area contributed by atoms with Crippen LogP contribution in [0.4, 0.5) is 0 Å². The summed E-state index contributed by atoms with van der Waals surface area (Å²) in [6, 6.07) is 0. The molecule has 0 heterocycles. The van der Waals surface area contributed by atoms with Crippen molar-refractivity contribution in [3.8, 4) is 0 Å². The molecule has 1 radical (unpaired) electrons. The first-order valence-corrected chi connectivity index (χ1v) is 4.22. The summed E-state index contributed by atoms with van der Waals surface area (Å²) in [6.07, 6.45) is 0. The minimum absolute atomic E-state index is 0. The maximum atomic E-state index is 8.35. The van der Waals surface area contributed by atoms with Gasteiger partial charge in [0.1, 0.15) is 0 Å². The summed E-state index contributed by atoms with van der Waals surface area (Å²) in [4.78, 5) is 0. The Bertz CT molecular complexity index is 83.8. The van der Waals surface area contributed by atoms with E-state index in [9.17, 15) is 0 Å². The van der Waals surface area contributed by atoms with Crippen molar-refractivity contribution < 1.29 is 41.2 Å². The van der Waals surface area contributed by atoms with Crippen molar-refractivity contribution in [2.75, 3.05) is 46.2 Å². The summed E-state index contributed by atoms with van der Waals surface area (Å²) in [7, 11) is 0. The molecule has 0 aromatic heterocycles. The molecule has 0 saturated heterocycles. The van der Waals surface area contributed by atoms with Crippen LogP contribution < -0.4 is 0 Å². The van der Waals surface area contributed by atoms with Gasteiger partial charge in [0, 0.05) is 23.4 Å². The second-order valence-corrected chi connectivity index (χ2v) is 2.17. The summed E-state index contributed by atoms with van der Waals surface area (Å²) < 4.78 is 14.9. The summed E-state index contributed by atoms with van der Waals surface area (Å²) in [5, 5.41) is 16.7. The van der Waals surface area contributed by atoms with Crippen molar-refractivity contribution in [2.24, 2.45) is 0 Å². The van der Waals surface area contributed by atoms with E-state index >= 15 is 0 Å². The Labute approximate surface area is 94.5 Å². The third-order valence-electron chi connectivity index (χ3n) is 1.15. The predicted octanol–water partition coefficient (Wildman–Crippen LogP) is -0.820. The van der Waals surface area contributed by atoms with Gasteiger partial charge in [0.2, 0.25) is 0 Å². The molecule has 0 atom stereocenters. The summed E-state index contributed by atoms with van der Waals surface area (Å²) >= 11 is 0. The maximum Gasteiger partial charge on any atom is 0.0701 e. The van der Waals surface area contributed by atoms with Gasteiger partial charge in [-0.15, -0.1) is 0 Å². The monoisotopic (exact) mass is 252 g/mol. The van der Waals surface area contributed by atoms with E-state index in [0.29, 0.717) is 33.0 Å². The van der Waals surface area contributed by atoms with Gasteiger partial charge in [0.25, 0.3) is 0 Å². The largest absolute Gasteiger partial charge is 0.548 e. The molecular formula is C8H17CoO5-. The third kappa shape index (κ3) is 14.8. The van der Waals surface area contributed by atoms with Gasteiger partial charge in [0.05, 0.1) is 33.0 Å². The Kier molecular flexibility index (Phi) is 18.8. The molecular weight excluding hydrogens is 235 g/mol. The van der Waals surface area contributed by atoms with Crippen molar-refractivity contribution >= 4 is 0 Å². The fourth-order valence-corrected chi connectivity index (χ4v) is 0.630. The molecule has 0 aliphatic carbocycles. The summed E-state index contributed by atoms with van der Waals surface area (Å²) in [5.41, 5.74) is 0. The smallest absolute Gasteiger partial charge is 0.0701 e. The van der Waals surface area contributed by atoms with Crippen molar-refractivity contribution in [1.29, 1.82) is 0 Å². The molecule has 5 nitrogen and oxygen atoms in total. The molecule has 0 amide bonds. The van der Waals surface area contributed by atoms with Gasteiger partial charge in [0.15, 0.2) is 0 Å². The van der Waals surface area contributed by atoms with Crippen molar-refractivity contribution in [3.63, 3.8) is 0 Å². The minimum Gasteiger partial charge on any atom is -0.548 e. The van der Waals surface area contributed by atoms with E-state index in [1.807, 2.05) is 0 Å². The van der Waals surface area contributed by atoms with Gasteiger partial charge >= 0.3 is 0 Å². The number of aliphatic hydroxyl groups excluding tert-OH is 2. The Morgan fingerprint density at radius 3 is 2.00 bits per heavy atom. The first-order valence-electron chi connectivity index (χ1n) is 4.22. The van der Waals surface area contributed by atoms with Crippen LogP contribution in [0, 0.1) is 6.61 Å². The fraction of sp³-hybridized carbons (Fsp3) is 0.875. The molecule has 0 aliphatic heterocycles. The fourth-order valence-electron chi connectivity index (χ4n) is 0.630. The number of hydrogen-bond donors (Lipinski definition) is 2. The SMILES string of the molecule is OC[CH-]OCCOCCOCCO.[Co]. The third-order valence-corrected chi connectivity index (χ3v) is 1.15. The van der Waals surface area contributed by atoms with Gasteiger partial charge in [-0.2, -0.15) is 6.61 Å². The van der Waals surface area contributed by atoms with E-state index in [-0.39, 0.29) is 30.0 Å². The average Bonchev–Trinajstić information content (AvgIpc) is 2.16. The molecule has 0 bridgehead atoms. The van der Waals surface area contributed by atoms with Crippen molar-refractivity contribution in [2.45, 2.75) is 0 Å². The molecule has 0 aromatic rings. The molecule has 0 rings (SSSR count). The molecule has 0 unspecified atom stereocenters. The Morgan fingerprint density at radius 2 is 1.43 bits per heavy atom. The zero-order chi connectivity index (χ0) is 9.78. The molecule has 89 valence electrons. The van der Waals surface area contributed by atoms with Crippen LogP contribution in [0.2, 0.25) is 0 Å². The Hall–Kier alpha value is 0.306. The number of ether oxygens (including phenoxy) is 3. The molecule has 0 fully saturated rings. The van der Waals surface area contributed by atoms with Crippen LogP contribution in [0.5, 0.6) is 0 Å². The van der Waals surface area contributed by atoms with Crippen LogP contribution in [-0.2, 0) is 31.0 Å². The molecule has 14 heavy (non-hydrogen) atoms. The number of hydrogen-bond acceptors (Lipinski definition) is 5. The van der Waals surface area contributed by atoms with Crippen LogP contribution in [0.3, 0.4) is 0 Å². The second-order valence-electron chi connectivity index (χ2n) is 2.17. The number of aliphatic hydroxyl groups is 2. The molecule has 0 saturated carbocycles. The van der Waals surface area contributed by atoms with E-state index in [4.69, 9.17) is 24.4 Å². The van der Waals surface area contributed by atoms with E-state index in [0.717, 1.165) is 0 Å². The molecule has 0 aromatic carbocycles. The first-order chi connectivity index (χ1) is 6.41. The quantitative estimate of drug-likeness (QED) is 0.393. The van der Waals surface area contributed by atoms with Gasteiger partial charge < -0.3 is 24.4 Å². The van der Waals surface area contributed by atoms with Gasteiger partial charge in [-0.3, -0.25) is 0 Å². The minimum atomic E-state index is -0.0837. The van der Waals surface area contributed by atoms with Crippen molar-refractivity contribution in [3.05, 3.63) is 6.61 Å². The van der Waals surface area contributed by atoms with Crippen LogP contribution in [0.15, 0.2) is 0 Å². The zero-order valence-electron chi connectivity index (χ0n) is 7.98. The molecule has 0 spiro atoms.